The standard InChI is InChI=1S/C19H31N5O3/c1-6-8-15(19(4,27)24(12-25)11-7-2)23(5)17-14-9-10-20-16(14)22-18(26)13(3)21-17/h9-10,12-13,15,20,27H,6-8,11H2,1-5H3,(H,22,26). The number of fused-ring (bicyclic) bond motifs is 1. The second-order valence-electron chi connectivity index (χ2n) is 7.19. The third-order valence-electron chi connectivity index (χ3n) is 5.10. The number of hydrogen-bond acceptors (Lipinski definition) is 5. The maximum absolute atomic E-state index is 12.2. The fourth-order valence-corrected chi connectivity index (χ4v) is 3.55. The lowest BCUT2D eigenvalue weighted by Gasteiger charge is -2.45. The van der Waals surface area contributed by atoms with Crippen LogP contribution in [0.1, 0.15) is 52.5 Å². The fourth-order valence-electron chi connectivity index (χ4n) is 3.55. The SMILES string of the molecule is CCCC(N(C)C1=NC(C)C(=O)Nc2[nH]ccc21)C(C)(O)N(C=O)CCC. The second-order valence-corrected chi connectivity index (χ2v) is 7.19. The van der Waals surface area contributed by atoms with Crippen LogP contribution in [0.3, 0.4) is 0 Å². The van der Waals surface area contributed by atoms with Crippen LogP contribution < -0.4 is 5.32 Å². The largest absolute Gasteiger partial charge is 0.369 e. The predicted octanol–water partition coefficient (Wildman–Crippen LogP) is 1.78. The number of amides is 2. The van der Waals surface area contributed by atoms with E-state index in [0.29, 0.717) is 31.0 Å². The minimum Gasteiger partial charge on any atom is -0.369 e. The highest BCUT2D eigenvalue weighted by Gasteiger charge is 2.41. The summed E-state index contributed by atoms with van der Waals surface area (Å²) in [7, 11) is 1.85. The van der Waals surface area contributed by atoms with E-state index in [2.05, 4.69) is 15.3 Å². The van der Waals surface area contributed by atoms with Gasteiger partial charge in [-0.25, -0.2) is 0 Å². The number of H-pyrrole nitrogens is 1. The number of likely N-dealkylation sites (N-methyl/N-ethyl adjacent to an activating group) is 1. The van der Waals surface area contributed by atoms with Gasteiger partial charge in [0, 0.05) is 19.8 Å². The molecule has 0 radical (unpaired) electrons. The Morgan fingerprint density at radius 2 is 2.11 bits per heavy atom. The smallest absolute Gasteiger partial charge is 0.250 e. The molecule has 8 nitrogen and oxygen atoms in total. The summed E-state index contributed by atoms with van der Waals surface area (Å²) < 4.78 is 0. The van der Waals surface area contributed by atoms with Crippen molar-refractivity contribution in [2.75, 3.05) is 18.9 Å². The zero-order valence-electron chi connectivity index (χ0n) is 16.8. The first-order chi connectivity index (χ1) is 12.8. The van der Waals surface area contributed by atoms with Crippen LogP contribution in [0.2, 0.25) is 0 Å². The van der Waals surface area contributed by atoms with Crippen LogP contribution in [0.15, 0.2) is 17.3 Å². The van der Waals surface area contributed by atoms with E-state index in [1.807, 2.05) is 31.9 Å². The molecule has 0 bridgehead atoms. The van der Waals surface area contributed by atoms with Crippen LogP contribution in [0.4, 0.5) is 5.82 Å². The lowest BCUT2D eigenvalue weighted by molar-refractivity contribution is -0.156. The summed E-state index contributed by atoms with van der Waals surface area (Å²) in [6.45, 7) is 7.85. The van der Waals surface area contributed by atoms with Crippen molar-refractivity contribution in [1.82, 2.24) is 14.8 Å². The predicted molar refractivity (Wildman–Crippen MR) is 106 cm³/mol. The number of nitrogens with zero attached hydrogens (tertiary/aromatic N) is 3. The van der Waals surface area contributed by atoms with Crippen molar-refractivity contribution < 1.29 is 14.7 Å². The highest BCUT2D eigenvalue weighted by Crippen LogP contribution is 2.28. The maximum atomic E-state index is 12.2. The van der Waals surface area contributed by atoms with E-state index < -0.39 is 11.8 Å². The molecule has 27 heavy (non-hydrogen) atoms. The maximum Gasteiger partial charge on any atom is 0.250 e. The number of nitrogens with one attached hydrogen (secondary N) is 2. The number of aliphatic imine (C=N–C) groups is 1. The van der Waals surface area contributed by atoms with Gasteiger partial charge in [0.05, 0.1) is 11.6 Å². The van der Waals surface area contributed by atoms with E-state index in [9.17, 15) is 14.7 Å². The van der Waals surface area contributed by atoms with Crippen molar-refractivity contribution in [3.05, 3.63) is 17.8 Å². The van der Waals surface area contributed by atoms with E-state index in [-0.39, 0.29) is 11.9 Å². The highest BCUT2D eigenvalue weighted by molar-refractivity contribution is 6.10. The van der Waals surface area contributed by atoms with Gasteiger partial charge in [0.2, 0.25) is 12.3 Å². The Morgan fingerprint density at radius 1 is 1.41 bits per heavy atom. The number of aromatic nitrogens is 1. The van der Waals surface area contributed by atoms with Crippen LogP contribution in [-0.4, -0.2) is 69.4 Å². The Bertz CT molecular complexity index is 697. The van der Waals surface area contributed by atoms with Gasteiger partial charge < -0.3 is 25.2 Å². The van der Waals surface area contributed by atoms with Gasteiger partial charge in [-0.2, -0.15) is 0 Å². The number of rotatable bonds is 8. The Kier molecular flexibility index (Phi) is 6.64. The molecule has 150 valence electrons. The summed E-state index contributed by atoms with van der Waals surface area (Å²) in [4.78, 5) is 34.8. The quantitative estimate of drug-likeness (QED) is 0.475. The number of aliphatic hydroxyl groups is 1. The van der Waals surface area contributed by atoms with Gasteiger partial charge in [0.25, 0.3) is 0 Å². The molecule has 2 amide bonds. The average molecular weight is 377 g/mol. The van der Waals surface area contributed by atoms with E-state index in [4.69, 9.17) is 0 Å². The van der Waals surface area contributed by atoms with Crippen LogP contribution in [0.25, 0.3) is 0 Å². The summed E-state index contributed by atoms with van der Waals surface area (Å²) in [5.41, 5.74) is -0.616. The van der Waals surface area contributed by atoms with Crippen molar-refractivity contribution in [3.63, 3.8) is 0 Å². The molecule has 0 aromatic carbocycles. The lowest BCUT2D eigenvalue weighted by Crippen LogP contribution is -2.61. The van der Waals surface area contributed by atoms with Crippen LogP contribution in [-0.2, 0) is 9.59 Å². The Hall–Kier alpha value is -2.35. The summed E-state index contributed by atoms with van der Waals surface area (Å²) in [6.07, 6.45) is 4.67. The molecule has 2 rings (SSSR count). The molecule has 3 N–H and O–H groups in total. The van der Waals surface area contributed by atoms with E-state index in [1.165, 1.54) is 4.90 Å². The summed E-state index contributed by atoms with van der Waals surface area (Å²) >= 11 is 0. The van der Waals surface area contributed by atoms with Crippen molar-refractivity contribution in [1.29, 1.82) is 0 Å². The lowest BCUT2D eigenvalue weighted by atomic mass is 9.96. The fraction of sp³-hybridized carbons (Fsp3) is 0.632. The van der Waals surface area contributed by atoms with Crippen molar-refractivity contribution in [3.8, 4) is 0 Å². The molecule has 0 fully saturated rings. The number of hydrogen-bond donors (Lipinski definition) is 3. The molecule has 2 heterocycles. The number of amidine groups is 1. The average Bonchev–Trinajstić information content (AvgIpc) is 3.04. The minimum absolute atomic E-state index is 0.193. The molecule has 0 saturated heterocycles. The summed E-state index contributed by atoms with van der Waals surface area (Å²) in [6, 6.07) is 0.902. The normalized spacial score (nSPS) is 19.9. The Morgan fingerprint density at radius 3 is 2.70 bits per heavy atom. The first-order valence-electron chi connectivity index (χ1n) is 9.51. The minimum atomic E-state index is -1.38. The highest BCUT2D eigenvalue weighted by atomic mass is 16.3. The van der Waals surface area contributed by atoms with Crippen LogP contribution in [0.5, 0.6) is 0 Å². The number of anilines is 1. The number of aromatic amines is 1. The van der Waals surface area contributed by atoms with Gasteiger partial charge in [-0.05, 0) is 32.8 Å². The third-order valence-corrected chi connectivity index (χ3v) is 5.10. The summed E-state index contributed by atoms with van der Waals surface area (Å²) in [5, 5.41) is 14.1. The van der Waals surface area contributed by atoms with Gasteiger partial charge in [-0.15, -0.1) is 0 Å². The summed E-state index contributed by atoms with van der Waals surface area (Å²) in [5.74, 6) is 1.00. The van der Waals surface area contributed by atoms with Crippen LogP contribution >= 0.6 is 0 Å². The monoisotopic (exact) mass is 377 g/mol. The van der Waals surface area contributed by atoms with Gasteiger partial charge in [0.1, 0.15) is 17.7 Å². The Balaban J connectivity index is 2.47. The number of carbonyl (C=O) groups excluding carboxylic acids is 2. The molecular weight excluding hydrogens is 346 g/mol. The van der Waals surface area contributed by atoms with E-state index in [0.717, 1.165) is 18.4 Å². The topological polar surface area (TPSA) is 101 Å². The molecular formula is C19H31N5O3. The molecule has 1 aromatic rings. The molecule has 3 atom stereocenters. The molecule has 8 heteroatoms. The zero-order chi connectivity index (χ0) is 20.2. The zero-order valence-corrected chi connectivity index (χ0v) is 16.8. The molecule has 0 saturated carbocycles. The molecule has 0 aliphatic carbocycles. The van der Waals surface area contributed by atoms with Gasteiger partial charge in [-0.3, -0.25) is 14.6 Å². The van der Waals surface area contributed by atoms with Crippen molar-refractivity contribution >= 4 is 24.0 Å². The van der Waals surface area contributed by atoms with Gasteiger partial charge in [-0.1, -0.05) is 20.3 Å². The van der Waals surface area contributed by atoms with E-state index >= 15 is 0 Å². The second kappa shape index (κ2) is 8.56. The van der Waals surface area contributed by atoms with Gasteiger partial charge in [0.15, 0.2) is 5.72 Å². The van der Waals surface area contributed by atoms with Crippen LogP contribution in [0, 0.1) is 0 Å². The molecule has 0 spiro atoms. The van der Waals surface area contributed by atoms with Gasteiger partial charge >= 0.3 is 0 Å². The van der Waals surface area contributed by atoms with Crippen molar-refractivity contribution in [2.45, 2.75) is 64.8 Å². The third kappa shape index (κ3) is 4.16. The Labute approximate surface area is 160 Å². The van der Waals surface area contributed by atoms with E-state index in [1.54, 1.807) is 20.0 Å². The molecule has 3 unspecified atom stereocenters. The molecule has 1 aliphatic heterocycles. The molecule has 1 aliphatic rings. The first-order valence-corrected chi connectivity index (χ1v) is 9.51. The molecule has 1 aromatic heterocycles. The number of carbonyl (C=O) groups is 2. The first kappa shape index (κ1) is 21.0. The van der Waals surface area contributed by atoms with Crippen molar-refractivity contribution in [2.24, 2.45) is 4.99 Å².